The van der Waals surface area contributed by atoms with E-state index in [2.05, 4.69) is 20.2 Å². The molecule has 4 heterocycles. The summed E-state index contributed by atoms with van der Waals surface area (Å²) in [6.45, 7) is 1.04. The third-order valence-electron chi connectivity index (χ3n) is 6.08. The van der Waals surface area contributed by atoms with E-state index in [0.717, 1.165) is 5.01 Å². The van der Waals surface area contributed by atoms with Crippen LogP contribution in [0.3, 0.4) is 0 Å². The Balaban J connectivity index is 1.30. The number of anilines is 1. The number of fused-ring (bicyclic) bond motifs is 3. The quantitative estimate of drug-likeness (QED) is 0.256. The van der Waals surface area contributed by atoms with Crippen LogP contribution in [0.15, 0.2) is 41.9 Å². The average Bonchev–Trinajstić information content (AvgIpc) is 3.51. The predicted octanol–water partition coefficient (Wildman–Crippen LogP) is 2.81. The van der Waals surface area contributed by atoms with Gasteiger partial charge in [-0.3, -0.25) is 14.2 Å². The minimum absolute atomic E-state index is 0.0349. The molecule has 200 valence electrons. The first-order chi connectivity index (χ1) is 18.0. The van der Waals surface area contributed by atoms with Crippen molar-refractivity contribution < 1.29 is 30.8 Å². The number of nitrogens with zero attached hydrogens (tertiary/aromatic N) is 8. The Morgan fingerprint density at radius 2 is 1.95 bits per heavy atom. The van der Waals surface area contributed by atoms with Crippen LogP contribution >= 0.6 is 0 Å². The molecule has 0 atom stereocenters. The second-order valence-corrected chi connectivity index (χ2v) is 10.3. The van der Waals surface area contributed by atoms with Crippen molar-refractivity contribution >= 4 is 39.3 Å². The first-order valence-electron chi connectivity index (χ1n) is 11.4. The Morgan fingerprint density at radius 1 is 1.16 bits per heavy atom. The molecule has 1 aliphatic heterocycles. The standard InChI is InChI=1S/C22H20F4N8O3S/c1-2-16-20(32-8-7-19-27-12-28-34(19)21(32)30-16)18(35)6-4-14-3-5-17(15(23)11-14)33-10-9-31(13-29-33)38(36,37)22(24,25)26/h3,5,7-8,11-13H,2,4,6,9-10H2,1H3. The summed E-state index contributed by atoms with van der Waals surface area (Å²) in [4.78, 5) is 21.8. The molecule has 0 unspecified atom stereocenters. The first kappa shape index (κ1) is 25.6. The molecule has 0 amide bonds. The summed E-state index contributed by atoms with van der Waals surface area (Å²) in [7, 11) is -5.57. The van der Waals surface area contributed by atoms with Gasteiger partial charge in [0.2, 0.25) is 5.78 Å². The van der Waals surface area contributed by atoms with Crippen molar-refractivity contribution in [2.75, 3.05) is 18.1 Å². The highest BCUT2D eigenvalue weighted by Crippen LogP contribution is 2.28. The van der Waals surface area contributed by atoms with Gasteiger partial charge >= 0.3 is 15.5 Å². The number of alkyl halides is 3. The van der Waals surface area contributed by atoms with Crippen LogP contribution < -0.4 is 5.01 Å². The van der Waals surface area contributed by atoms with Crippen molar-refractivity contribution in [2.45, 2.75) is 31.7 Å². The molecule has 0 aliphatic carbocycles. The van der Waals surface area contributed by atoms with E-state index >= 15 is 0 Å². The highest BCUT2D eigenvalue weighted by molar-refractivity contribution is 7.90. The van der Waals surface area contributed by atoms with E-state index < -0.39 is 27.9 Å². The van der Waals surface area contributed by atoms with E-state index in [1.54, 1.807) is 22.7 Å². The van der Waals surface area contributed by atoms with Gasteiger partial charge in [0, 0.05) is 12.6 Å². The molecular weight excluding hydrogens is 532 g/mol. The zero-order valence-corrected chi connectivity index (χ0v) is 20.6. The van der Waals surface area contributed by atoms with Crippen LogP contribution in [0.5, 0.6) is 0 Å². The van der Waals surface area contributed by atoms with Crippen LogP contribution in [0, 0.1) is 5.82 Å². The van der Waals surface area contributed by atoms with Crippen LogP contribution in [0.2, 0.25) is 0 Å². The lowest BCUT2D eigenvalue weighted by Gasteiger charge is -2.29. The lowest BCUT2D eigenvalue weighted by Crippen LogP contribution is -2.46. The molecule has 4 aromatic rings. The Labute approximate surface area is 213 Å². The summed E-state index contributed by atoms with van der Waals surface area (Å²) >= 11 is 0. The fourth-order valence-corrected chi connectivity index (χ4v) is 4.93. The number of sulfonamides is 1. The van der Waals surface area contributed by atoms with Gasteiger partial charge in [-0.05, 0) is 36.6 Å². The molecule has 11 nitrogen and oxygen atoms in total. The number of aryl methyl sites for hydroxylation is 2. The summed E-state index contributed by atoms with van der Waals surface area (Å²) in [6, 6.07) is 5.89. The monoisotopic (exact) mass is 552 g/mol. The van der Waals surface area contributed by atoms with Crippen molar-refractivity contribution in [3.63, 3.8) is 0 Å². The number of hydrogen-bond acceptors (Lipinski definition) is 8. The van der Waals surface area contributed by atoms with Crippen molar-refractivity contribution in [3.05, 3.63) is 59.6 Å². The number of hydrogen-bond donors (Lipinski definition) is 0. The maximum absolute atomic E-state index is 14.9. The number of carbonyl (C=O) groups excluding carboxylic acids is 1. The van der Waals surface area contributed by atoms with E-state index in [9.17, 15) is 30.8 Å². The number of imidazole rings is 1. The van der Waals surface area contributed by atoms with Gasteiger partial charge in [0.05, 0.1) is 24.5 Å². The molecule has 1 aliphatic rings. The number of carbonyl (C=O) groups is 1. The largest absolute Gasteiger partial charge is 0.516 e. The normalized spacial score (nSPS) is 14.7. The van der Waals surface area contributed by atoms with Gasteiger partial charge in [-0.25, -0.2) is 18.7 Å². The van der Waals surface area contributed by atoms with Crippen LogP contribution in [-0.2, 0) is 22.9 Å². The molecule has 0 fully saturated rings. The molecule has 16 heteroatoms. The molecule has 5 rings (SSSR count). The maximum Gasteiger partial charge on any atom is 0.516 e. The van der Waals surface area contributed by atoms with E-state index in [1.807, 2.05) is 6.92 Å². The summed E-state index contributed by atoms with van der Waals surface area (Å²) < 4.78 is 79.3. The third kappa shape index (κ3) is 4.33. The summed E-state index contributed by atoms with van der Waals surface area (Å²) in [5, 5.41) is 8.88. The number of Topliss-reactive ketones (excluding diaryl/α,β-unsaturated/α-hetero) is 1. The lowest BCUT2D eigenvalue weighted by atomic mass is 10.0. The zero-order chi connectivity index (χ0) is 27.2. The molecule has 0 radical (unpaired) electrons. The Hall–Kier alpha value is -4.08. The summed E-state index contributed by atoms with van der Waals surface area (Å²) in [5.41, 5.74) is -3.37. The summed E-state index contributed by atoms with van der Waals surface area (Å²) in [6.07, 6.45) is 4.41. The minimum atomic E-state index is -5.57. The number of aromatic nitrogens is 5. The molecule has 0 N–H and O–H groups in total. The number of benzene rings is 1. The van der Waals surface area contributed by atoms with Crippen LogP contribution in [0.4, 0.5) is 23.2 Å². The van der Waals surface area contributed by atoms with Crippen molar-refractivity contribution in [3.8, 4) is 0 Å². The Bertz CT molecular complexity index is 1680. The van der Waals surface area contributed by atoms with Crippen molar-refractivity contribution in [1.82, 2.24) is 28.3 Å². The fourth-order valence-electron chi connectivity index (χ4n) is 4.18. The maximum atomic E-state index is 14.9. The second-order valence-electron chi connectivity index (χ2n) is 8.40. The Morgan fingerprint density at radius 3 is 2.61 bits per heavy atom. The van der Waals surface area contributed by atoms with E-state index in [4.69, 9.17) is 0 Å². The van der Waals surface area contributed by atoms with Crippen LogP contribution in [-0.4, -0.2) is 67.4 Å². The molecule has 38 heavy (non-hydrogen) atoms. The van der Waals surface area contributed by atoms with Gasteiger partial charge < -0.3 is 0 Å². The fraction of sp³-hybridized carbons (Fsp3) is 0.318. The van der Waals surface area contributed by atoms with Crippen molar-refractivity contribution in [1.29, 1.82) is 0 Å². The van der Waals surface area contributed by atoms with E-state index in [0.29, 0.717) is 41.1 Å². The minimum Gasteiger partial charge on any atom is -0.292 e. The van der Waals surface area contributed by atoms with E-state index in [-0.39, 0.29) is 35.2 Å². The topological polar surface area (TPSA) is 118 Å². The van der Waals surface area contributed by atoms with Gasteiger partial charge in [-0.2, -0.15) is 36.3 Å². The van der Waals surface area contributed by atoms with E-state index in [1.165, 1.54) is 23.0 Å². The number of ketones is 1. The number of halogens is 4. The van der Waals surface area contributed by atoms with Gasteiger partial charge in [0.1, 0.15) is 24.2 Å². The van der Waals surface area contributed by atoms with Gasteiger partial charge in [-0.15, -0.1) is 0 Å². The molecule has 0 spiro atoms. The molecule has 0 saturated heterocycles. The first-order valence-corrected chi connectivity index (χ1v) is 12.9. The SMILES string of the molecule is CCc1nc2n(ccc3ncnn32)c1C(=O)CCc1ccc(N2CCN(S(=O)(=O)C(F)(F)F)C=N2)c(F)c1. The average molecular weight is 553 g/mol. The van der Waals surface area contributed by atoms with Gasteiger partial charge in [-0.1, -0.05) is 13.0 Å². The lowest BCUT2D eigenvalue weighted by molar-refractivity contribution is -0.0471. The molecular formula is C22H20F4N8O3S. The molecule has 3 aromatic heterocycles. The van der Waals surface area contributed by atoms with Crippen molar-refractivity contribution in [2.24, 2.45) is 5.10 Å². The number of rotatable bonds is 7. The highest BCUT2D eigenvalue weighted by Gasteiger charge is 2.50. The molecule has 1 aromatic carbocycles. The third-order valence-corrected chi connectivity index (χ3v) is 7.56. The number of hydrazone groups is 1. The predicted molar refractivity (Wildman–Crippen MR) is 128 cm³/mol. The molecule has 0 bridgehead atoms. The zero-order valence-electron chi connectivity index (χ0n) is 19.8. The molecule has 0 saturated carbocycles. The smallest absolute Gasteiger partial charge is 0.292 e. The van der Waals surface area contributed by atoms with Gasteiger partial charge in [0.25, 0.3) is 0 Å². The summed E-state index contributed by atoms with van der Waals surface area (Å²) in [5.74, 6) is -0.443. The van der Waals surface area contributed by atoms with Crippen LogP contribution in [0.1, 0.15) is 35.1 Å². The highest BCUT2D eigenvalue weighted by atomic mass is 32.2. The van der Waals surface area contributed by atoms with Gasteiger partial charge in [0.15, 0.2) is 11.4 Å². The second kappa shape index (κ2) is 9.34. The Kier molecular flexibility index (Phi) is 6.28. The van der Waals surface area contributed by atoms with Crippen LogP contribution in [0.25, 0.3) is 11.4 Å².